The molecule has 1 fully saturated rings. The number of halogens is 1. The Morgan fingerprint density at radius 1 is 1.15 bits per heavy atom. The predicted molar refractivity (Wildman–Crippen MR) is 130 cm³/mol. The molecule has 1 unspecified atom stereocenters. The summed E-state index contributed by atoms with van der Waals surface area (Å²) in [7, 11) is 0. The number of anilines is 2. The molecule has 0 saturated carbocycles. The minimum absolute atomic E-state index is 0.286. The first-order chi connectivity index (χ1) is 16.4. The summed E-state index contributed by atoms with van der Waals surface area (Å²) in [6.07, 6.45) is 1.25. The molecule has 1 aliphatic rings. The fourth-order valence-electron chi connectivity index (χ4n) is 3.58. The molecule has 0 bridgehead atoms. The Balaban J connectivity index is 1.37. The van der Waals surface area contributed by atoms with E-state index < -0.39 is 18.0 Å². The van der Waals surface area contributed by atoms with Crippen LogP contribution in [0.1, 0.15) is 30.1 Å². The van der Waals surface area contributed by atoms with Gasteiger partial charge < -0.3 is 15.0 Å². The smallest absolute Gasteiger partial charge is 0.338 e. The summed E-state index contributed by atoms with van der Waals surface area (Å²) >= 11 is 7.26. The highest BCUT2D eigenvalue weighted by atomic mass is 35.5. The number of rotatable bonds is 6. The molecule has 1 atom stereocenters. The van der Waals surface area contributed by atoms with Crippen molar-refractivity contribution in [3.8, 4) is 10.6 Å². The van der Waals surface area contributed by atoms with Crippen LogP contribution in [-0.4, -0.2) is 52.2 Å². The molecule has 2 aromatic carbocycles. The number of amides is 3. The first-order valence-electron chi connectivity index (χ1n) is 10.7. The third-order valence-electron chi connectivity index (χ3n) is 5.19. The Bertz CT molecular complexity index is 1200. The van der Waals surface area contributed by atoms with Gasteiger partial charge in [0.05, 0.1) is 12.2 Å². The number of nitrogens with zero attached hydrogens (tertiary/aromatic N) is 3. The molecule has 2 heterocycles. The van der Waals surface area contributed by atoms with Crippen LogP contribution < -0.4 is 10.6 Å². The lowest BCUT2D eigenvalue weighted by molar-refractivity contribution is -0.119. The quantitative estimate of drug-likeness (QED) is 0.476. The maximum absolute atomic E-state index is 12.9. The first-order valence-corrected chi connectivity index (χ1v) is 11.9. The normalized spacial score (nSPS) is 15.1. The molecule has 11 heteroatoms. The number of nitrogens with one attached hydrogen (secondary N) is 2. The minimum Gasteiger partial charge on any atom is -0.462 e. The molecule has 4 rings (SSSR count). The van der Waals surface area contributed by atoms with E-state index in [0.717, 1.165) is 5.56 Å². The van der Waals surface area contributed by atoms with Crippen molar-refractivity contribution in [3.05, 3.63) is 59.1 Å². The standard InChI is InChI=1S/C23H22ClN5O4S/c1-2-33-21(31)14-8-10-17(11-9-14)25-23(32)29-12-4-7-18(29)19(30)26-22-28-27-20(34-22)15-5-3-6-16(24)13-15/h3,5-6,8-11,13,18H,2,4,7,12H2,1H3,(H,25,32)(H,26,28,30). The van der Waals surface area contributed by atoms with E-state index in [1.807, 2.05) is 12.1 Å². The molecule has 176 valence electrons. The van der Waals surface area contributed by atoms with Gasteiger partial charge in [-0.25, -0.2) is 9.59 Å². The third-order valence-corrected chi connectivity index (χ3v) is 6.31. The number of aromatic nitrogens is 2. The van der Waals surface area contributed by atoms with Gasteiger partial charge in [0.15, 0.2) is 0 Å². The summed E-state index contributed by atoms with van der Waals surface area (Å²) in [5.74, 6) is -0.744. The van der Waals surface area contributed by atoms with E-state index in [4.69, 9.17) is 16.3 Å². The van der Waals surface area contributed by atoms with Crippen molar-refractivity contribution in [2.24, 2.45) is 0 Å². The molecule has 2 N–H and O–H groups in total. The van der Waals surface area contributed by atoms with Crippen LogP contribution in [0, 0.1) is 0 Å². The van der Waals surface area contributed by atoms with Crippen LogP contribution in [0.2, 0.25) is 5.02 Å². The number of urea groups is 1. The van der Waals surface area contributed by atoms with Crippen molar-refractivity contribution < 1.29 is 19.1 Å². The van der Waals surface area contributed by atoms with Crippen molar-refractivity contribution >= 4 is 51.7 Å². The van der Waals surface area contributed by atoms with Crippen molar-refractivity contribution in [1.82, 2.24) is 15.1 Å². The highest BCUT2D eigenvalue weighted by Crippen LogP contribution is 2.29. The largest absolute Gasteiger partial charge is 0.462 e. The Labute approximate surface area is 205 Å². The second-order valence-electron chi connectivity index (χ2n) is 7.49. The van der Waals surface area contributed by atoms with Crippen LogP contribution in [0.25, 0.3) is 10.6 Å². The van der Waals surface area contributed by atoms with Crippen LogP contribution >= 0.6 is 22.9 Å². The number of hydrogen-bond acceptors (Lipinski definition) is 7. The molecule has 0 aliphatic carbocycles. The molecule has 3 aromatic rings. The Kier molecular flexibility index (Phi) is 7.39. The van der Waals surface area contributed by atoms with Gasteiger partial charge in [0.25, 0.3) is 0 Å². The summed E-state index contributed by atoms with van der Waals surface area (Å²) < 4.78 is 4.96. The Hall–Kier alpha value is -3.50. The summed E-state index contributed by atoms with van der Waals surface area (Å²) in [6, 6.07) is 12.6. The number of likely N-dealkylation sites (tertiary alicyclic amines) is 1. The second kappa shape index (κ2) is 10.6. The lowest BCUT2D eigenvalue weighted by atomic mass is 10.2. The topological polar surface area (TPSA) is 114 Å². The molecule has 0 radical (unpaired) electrons. The molecule has 34 heavy (non-hydrogen) atoms. The lowest BCUT2D eigenvalue weighted by Crippen LogP contribution is -2.45. The molecule has 1 aromatic heterocycles. The zero-order valence-corrected chi connectivity index (χ0v) is 19.9. The number of ether oxygens (including phenoxy) is 1. The lowest BCUT2D eigenvalue weighted by Gasteiger charge is -2.23. The molecule has 1 aliphatic heterocycles. The fourth-order valence-corrected chi connectivity index (χ4v) is 4.52. The summed E-state index contributed by atoms with van der Waals surface area (Å²) in [5.41, 5.74) is 1.72. The third kappa shape index (κ3) is 5.52. The summed E-state index contributed by atoms with van der Waals surface area (Å²) in [6.45, 7) is 2.47. The van der Waals surface area contributed by atoms with Gasteiger partial charge in [-0.05, 0) is 56.2 Å². The number of esters is 1. The molecule has 9 nitrogen and oxygen atoms in total. The number of carbonyl (C=O) groups is 3. The Morgan fingerprint density at radius 2 is 1.94 bits per heavy atom. The van der Waals surface area contributed by atoms with Gasteiger partial charge in [-0.3, -0.25) is 10.1 Å². The van der Waals surface area contributed by atoms with Crippen LogP contribution in [0.4, 0.5) is 15.6 Å². The predicted octanol–water partition coefficient (Wildman–Crippen LogP) is 4.67. The van der Waals surface area contributed by atoms with Gasteiger partial charge in [-0.15, -0.1) is 10.2 Å². The highest BCUT2D eigenvalue weighted by molar-refractivity contribution is 7.18. The van der Waals surface area contributed by atoms with E-state index in [9.17, 15) is 14.4 Å². The van der Waals surface area contributed by atoms with Gasteiger partial charge in [-0.1, -0.05) is 35.1 Å². The van der Waals surface area contributed by atoms with Gasteiger partial charge in [-0.2, -0.15) is 0 Å². The Morgan fingerprint density at radius 3 is 2.68 bits per heavy atom. The number of hydrogen-bond donors (Lipinski definition) is 2. The van der Waals surface area contributed by atoms with Gasteiger partial charge >= 0.3 is 12.0 Å². The zero-order valence-electron chi connectivity index (χ0n) is 18.3. The monoisotopic (exact) mass is 499 g/mol. The van der Waals surface area contributed by atoms with Gasteiger partial charge in [0, 0.05) is 22.8 Å². The summed E-state index contributed by atoms with van der Waals surface area (Å²) in [5, 5.41) is 15.3. The van der Waals surface area contributed by atoms with E-state index in [2.05, 4.69) is 20.8 Å². The summed E-state index contributed by atoms with van der Waals surface area (Å²) in [4.78, 5) is 39.0. The van der Waals surface area contributed by atoms with Crippen molar-refractivity contribution in [3.63, 3.8) is 0 Å². The van der Waals surface area contributed by atoms with Gasteiger partial charge in [0.2, 0.25) is 11.0 Å². The van der Waals surface area contributed by atoms with Crippen molar-refractivity contribution in [1.29, 1.82) is 0 Å². The van der Waals surface area contributed by atoms with Crippen molar-refractivity contribution in [2.45, 2.75) is 25.8 Å². The van der Waals surface area contributed by atoms with Crippen LogP contribution in [0.5, 0.6) is 0 Å². The molecular formula is C23H22ClN5O4S. The maximum atomic E-state index is 12.9. The van der Waals surface area contributed by atoms with Gasteiger partial charge in [0.1, 0.15) is 11.0 Å². The van der Waals surface area contributed by atoms with Crippen molar-refractivity contribution in [2.75, 3.05) is 23.8 Å². The molecule has 1 saturated heterocycles. The second-order valence-corrected chi connectivity index (χ2v) is 8.91. The van der Waals surface area contributed by atoms with E-state index in [0.29, 0.717) is 45.8 Å². The molecule has 3 amide bonds. The zero-order chi connectivity index (χ0) is 24.1. The van der Waals surface area contributed by atoms with E-state index in [1.165, 1.54) is 16.2 Å². The minimum atomic E-state index is -0.627. The van der Waals surface area contributed by atoms with Crippen LogP contribution in [-0.2, 0) is 9.53 Å². The van der Waals surface area contributed by atoms with E-state index in [-0.39, 0.29) is 12.5 Å². The molecular weight excluding hydrogens is 478 g/mol. The maximum Gasteiger partial charge on any atom is 0.338 e. The van der Waals surface area contributed by atoms with E-state index in [1.54, 1.807) is 43.3 Å². The van der Waals surface area contributed by atoms with E-state index >= 15 is 0 Å². The van der Waals surface area contributed by atoms with Crippen LogP contribution in [0.3, 0.4) is 0 Å². The average Bonchev–Trinajstić information content (AvgIpc) is 3.50. The molecule has 0 spiro atoms. The number of carbonyl (C=O) groups excluding carboxylic acids is 3. The average molecular weight is 500 g/mol. The van der Waals surface area contributed by atoms with Crippen LogP contribution in [0.15, 0.2) is 48.5 Å². The number of benzene rings is 2. The first kappa shape index (κ1) is 23.7. The SMILES string of the molecule is CCOC(=O)c1ccc(NC(=O)N2CCCC2C(=O)Nc2nnc(-c3cccc(Cl)c3)s2)cc1. The fraction of sp³-hybridized carbons (Fsp3) is 0.261. The highest BCUT2D eigenvalue weighted by Gasteiger charge is 2.34.